The van der Waals surface area contributed by atoms with Crippen molar-refractivity contribution in [1.82, 2.24) is 10.3 Å². The Morgan fingerprint density at radius 2 is 1.84 bits per heavy atom. The van der Waals surface area contributed by atoms with Crippen LogP contribution in [0.1, 0.15) is 36.2 Å². The standard InChI is InChI=1S/C24H26N2O4S/c1-18-9-11-23(12-10-18)31(28,29)15-13-24(27)26-19(2)20-6-5-8-22(16-20)30-17-21-7-3-4-14-25-21/h3-12,14,16,19H,13,15,17H2,1-2H3,(H,26,27). The Kier molecular flexibility index (Phi) is 7.41. The molecule has 1 unspecified atom stereocenters. The van der Waals surface area contributed by atoms with Crippen LogP contribution in [0.4, 0.5) is 0 Å². The lowest BCUT2D eigenvalue weighted by Gasteiger charge is -2.16. The fourth-order valence-corrected chi connectivity index (χ4v) is 4.24. The van der Waals surface area contributed by atoms with Gasteiger partial charge in [-0.1, -0.05) is 35.9 Å². The van der Waals surface area contributed by atoms with Gasteiger partial charge in [0.15, 0.2) is 9.84 Å². The maximum atomic E-state index is 12.4. The Hall–Kier alpha value is -3.19. The molecule has 3 rings (SSSR count). The van der Waals surface area contributed by atoms with E-state index in [1.807, 2.05) is 56.3 Å². The molecule has 0 bridgehead atoms. The predicted octanol–water partition coefficient (Wildman–Crippen LogP) is 4.01. The molecule has 1 N–H and O–H groups in total. The molecule has 0 aliphatic carbocycles. The number of carbonyl (C=O) groups is 1. The van der Waals surface area contributed by atoms with Crippen LogP contribution >= 0.6 is 0 Å². The van der Waals surface area contributed by atoms with Crippen LogP contribution in [0.15, 0.2) is 77.8 Å². The highest BCUT2D eigenvalue weighted by atomic mass is 32.2. The molecular weight excluding hydrogens is 412 g/mol. The summed E-state index contributed by atoms with van der Waals surface area (Å²) < 4.78 is 30.7. The zero-order chi connectivity index (χ0) is 22.3. The Morgan fingerprint density at radius 3 is 2.55 bits per heavy atom. The van der Waals surface area contributed by atoms with E-state index in [9.17, 15) is 13.2 Å². The van der Waals surface area contributed by atoms with E-state index in [1.54, 1.807) is 30.5 Å². The van der Waals surface area contributed by atoms with E-state index in [4.69, 9.17) is 4.74 Å². The van der Waals surface area contributed by atoms with Crippen molar-refractivity contribution in [2.75, 3.05) is 5.75 Å². The molecule has 1 amide bonds. The fourth-order valence-electron chi connectivity index (χ4n) is 3.00. The third-order valence-corrected chi connectivity index (χ3v) is 6.56. The second kappa shape index (κ2) is 10.2. The summed E-state index contributed by atoms with van der Waals surface area (Å²) in [5, 5.41) is 2.86. The molecule has 0 radical (unpaired) electrons. The Bertz CT molecular complexity index is 1110. The molecule has 3 aromatic rings. The number of benzene rings is 2. The number of hydrogen-bond acceptors (Lipinski definition) is 5. The summed E-state index contributed by atoms with van der Waals surface area (Å²) in [5.41, 5.74) is 2.68. The highest BCUT2D eigenvalue weighted by Crippen LogP contribution is 2.20. The average molecular weight is 439 g/mol. The predicted molar refractivity (Wildman–Crippen MR) is 119 cm³/mol. The minimum atomic E-state index is -3.50. The van der Waals surface area contributed by atoms with E-state index in [0.29, 0.717) is 12.4 Å². The van der Waals surface area contributed by atoms with Gasteiger partial charge in [-0.2, -0.15) is 0 Å². The third-order valence-electron chi connectivity index (χ3n) is 4.83. The first-order chi connectivity index (χ1) is 14.8. The number of nitrogens with one attached hydrogen (secondary N) is 1. The minimum Gasteiger partial charge on any atom is -0.487 e. The smallest absolute Gasteiger partial charge is 0.221 e. The third kappa shape index (κ3) is 6.65. The molecule has 0 saturated carbocycles. The topological polar surface area (TPSA) is 85.4 Å². The maximum absolute atomic E-state index is 12.4. The van der Waals surface area contributed by atoms with Gasteiger partial charge in [0, 0.05) is 12.6 Å². The van der Waals surface area contributed by atoms with Crippen LogP contribution < -0.4 is 10.1 Å². The second-order valence-corrected chi connectivity index (χ2v) is 9.46. The lowest BCUT2D eigenvalue weighted by atomic mass is 10.1. The Labute approximate surface area is 183 Å². The van der Waals surface area contributed by atoms with E-state index in [-0.39, 0.29) is 29.0 Å². The zero-order valence-corrected chi connectivity index (χ0v) is 18.4. The van der Waals surface area contributed by atoms with E-state index in [2.05, 4.69) is 10.3 Å². The number of hydrogen-bond donors (Lipinski definition) is 1. The first-order valence-electron chi connectivity index (χ1n) is 10.0. The van der Waals surface area contributed by atoms with E-state index < -0.39 is 9.84 Å². The highest BCUT2D eigenvalue weighted by molar-refractivity contribution is 7.91. The van der Waals surface area contributed by atoms with Crippen molar-refractivity contribution in [3.8, 4) is 5.75 Å². The van der Waals surface area contributed by atoms with Crippen LogP contribution in [0, 0.1) is 6.92 Å². The van der Waals surface area contributed by atoms with Gasteiger partial charge in [-0.15, -0.1) is 0 Å². The molecule has 0 spiro atoms. The SMILES string of the molecule is Cc1ccc(S(=O)(=O)CCC(=O)NC(C)c2cccc(OCc3ccccn3)c2)cc1. The van der Waals surface area contributed by atoms with Crippen molar-refractivity contribution in [1.29, 1.82) is 0 Å². The molecular formula is C24H26N2O4S. The molecule has 31 heavy (non-hydrogen) atoms. The van der Waals surface area contributed by atoms with Gasteiger partial charge in [-0.25, -0.2) is 8.42 Å². The number of nitrogens with zero attached hydrogens (tertiary/aromatic N) is 1. The summed E-state index contributed by atoms with van der Waals surface area (Å²) in [4.78, 5) is 16.8. The number of sulfone groups is 1. The van der Waals surface area contributed by atoms with Crippen LogP contribution in [0.25, 0.3) is 0 Å². The van der Waals surface area contributed by atoms with Crippen LogP contribution in [-0.2, 0) is 21.2 Å². The first-order valence-corrected chi connectivity index (χ1v) is 11.7. The normalized spacial score (nSPS) is 12.2. The van der Waals surface area contributed by atoms with Crippen molar-refractivity contribution < 1.29 is 17.9 Å². The zero-order valence-electron chi connectivity index (χ0n) is 17.6. The largest absolute Gasteiger partial charge is 0.487 e. The van der Waals surface area contributed by atoms with Crippen LogP contribution in [0.2, 0.25) is 0 Å². The van der Waals surface area contributed by atoms with Gasteiger partial charge < -0.3 is 10.1 Å². The van der Waals surface area contributed by atoms with Crippen molar-refractivity contribution in [2.24, 2.45) is 0 Å². The van der Waals surface area contributed by atoms with Gasteiger partial charge in [0.1, 0.15) is 12.4 Å². The number of carbonyl (C=O) groups excluding carboxylic acids is 1. The van der Waals surface area contributed by atoms with Crippen LogP contribution in [-0.4, -0.2) is 25.1 Å². The van der Waals surface area contributed by atoms with Gasteiger partial charge in [0.25, 0.3) is 0 Å². The summed E-state index contributed by atoms with van der Waals surface area (Å²) >= 11 is 0. The molecule has 6 nitrogen and oxygen atoms in total. The van der Waals surface area contributed by atoms with Gasteiger partial charge in [0.05, 0.1) is 22.4 Å². The molecule has 0 aliphatic heterocycles. The molecule has 1 aromatic heterocycles. The van der Waals surface area contributed by atoms with Gasteiger partial charge in [-0.05, 0) is 55.8 Å². The maximum Gasteiger partial charge on any atom is 0.221 e. The van der Waals surface area contributed by atoms with E-state index in [0.717, 1.165) is 16.8 Å². The number of aryl methyl sites for hydroxylation is 1. The average Bonchev–Trinajstić information content (AvgIpc) is 2.77. The Morgan fingerprint density at radius 1 is 1.06 bits per heavy atom. The van der Waals surface area contributed by atoms with Crippen LogP contribution in [0.5, 0.6) is 5.75 Å². The molecule has 1 atom stereocenters. The summed E-state index contributed by atoms with van der Waals surface area (Å²) in [6.45, 7) is 4.09. The number of aromatic nitrogens is 1. The van der Waals surface area contributed by atoms with Crippen molar-refractivity contribution in [3.05, 3.63) is 89.7 Å². The van der Waals surface area contributed by atoms with E-state index in [1.165, 1.54) is 0 Å². The van der Waals surface area contributed by atoms with Crippen molar-refractivity contribution >= 4 is 15.7 Å². The van der Waals surface area contributed by atoms with Gasteiger partial charge in [-0.3, -0.25) is 9.78 Å². The summed E-state index contributed by atoms with van der Waals surface area (Å²) in [7, 11) is -3.50. The molecule has 0 saturated heterocycles. The number of amides is 1. The lowest BCUT2D eigenvalue weighted by molar-refractivity contribution is -0.121. The first kappa shape index (κ1) is 22.5. The monoisotopic (exact) mass is 438 g/mol. The molecule has 1 heterocycles. The van der Waals surface area contributed by atoms with Gasteiger partial charge in [0.2, 0.25) is 5.91 Å². The quantitative estimate of drug-likeness (QED) is 0.546. The number of rotatable bonds is 9. The van der Waals surface area contributed by atoms with Crippen molar-refractivity contribution in [3.63, 3.8) is 0 Å². The minimum absolute atomic E-state index is 0.101. The number of pyridine rings is 1. The van der Waals surface area contributed by atoms with E-state index >= 15 is 0 Å². The van der Waals surface area contributed by atoms with Crippen LogP contribution in [0.3, 0.4) is 0 Å². The number of ether oxygens (including phenoxy) is 1. The molecule has 0 aliphatic rings. The molecule has 2 aromatic carbocycles. The molecule has 0 fully saturated rings. The second-order valence-electron chi connectivity index (χ2n) is 7.35. The summed E-state index contributed by atoms with van der Waals surface area (Å²) in [6, 6.07) is 19.4. The fraction of sp³-hybridized carbons (Fsp3) is 0.250. The highest BCUT2D eigenvalue weighted by Gasteiger charge is 2.18. The molecule has 7 heteroatoms. The Balaban J connectivity index is 1.54. The summed E-state index contributed by atoms with van der Waals surface area (Å²) in [5.74, 6) is 0.121. The van der Waals surface area contributed by atoms with Gasteiger partial charge >= 0.3 is 0 Å². The molecule has 162 valence electrons. The lowest BCUT2D eigenvalue weighted by Crippen LogP contribution is -2.28. The van der Waals surface area contributed by atoms with Crippen molar-refractivity contribution in [2.45, 2.75) is 37.8 Å². The summed E-state index contributed by atoms with van der Waals surface area (Å²) in [6.07, 6.45) is 1.61.